The lowest BCUT2D eigenvalue weighted by atomic mass is 9.76. The Morgan fingerprint density at radius 1 is 0.264 bits per heavy atom. The largest absolute Gasteiger partial charge is 0.390 e. The minimum Gasteiger partial charge on any atom is -0.390 e. The Labute approximate surface area is 684 Å². The summed E-state index contributed by atoms with van der Waals surface area (Å²) in [6.45, 7) is 0.561. The summed E-state index contributed by atoms with van der Waals surface area (Å²) in [7, 11) is 0. The molecule has 14 unspecified atom stereocenters. The van der Waals surface area contributed by atoms with E-state index in [4.69, 9.17) is 102 Å². The molecule has 7 saturated heterocycles. The Balaban J connectivity index is 0.708. The molecule has 56 heteroatoms. The van der Waals surface area contributed by atoms with Crippen molar-refractivity contribution in [2.75, 3.05) is 0 Å². The fourth-order valence-electron chi connectivity index (χ4n) is 15.3. The van der Waals surface area contributed by atoms with Crippen LogP contribution in [0.3, 0.4) is 0 Å². The van der Waals surface area contributed by atoms with Gasteiger partial charge in [0.05, 0.1) is 97.9 Å². The molecule has 0 spiro atoms. The van der Waals surface area contributed by atoms with Gasteiger partial charge in [-0.15, -0.1) is 35.7 Å². The molecular weight excluding hydrogens is 1620 g/mol. The molecule has 34 atom stereocenters. The highest BCUT2D eigenvalue weighted by molar-refractivity contribution is 5.06. The van der Waals surface area contributed by atoms with Crippen molar-refractivity contribution in [3.05, 3.63) is 83.2 Å². The quantitative estimate of drug-likeness (QED) is 0.0182. The zero-order valence-electron chi connectivity index (χ0n) is 65.0. The average molecular weight is 1730 g/mol. The molecule has 7 aromatic rings. The monoisotopic (exact) mass is 1720 g/mol. The van der Waals surface area contributed by atoms with Crippen LogP contribution in [-0.2, 0) is 153 Å². The van der Waals surface area contributed by atoms with Crippen LogP contribution in [0.15, 0.2) is 43.4 Å². The van der Waals surface area contributed by atoms with Crippen molar-refractivity contribution in [1.29, 1.82) is 0 Å². The van der Waals surface area contributed by atoms with Gasteiger partial charge in [-0.3, -0.25) is 0 Å². The second-order valence-corrected chi connectivity index (χ2v) is 31.0. The number of aliphatic hydroxyl groups excluding tert-OH is 15. The van der Waals surface area contributed by atoms with Crippen LogP contribution in [0.25, 0.3) is 0 Å². The molecule has 672 valence electrons. The van der Waals surface area contributed by atoms with Crippen molar-refractivity contribution < 1.29 is 138 Å². The third kappa shape index (κ3) is 19.5. The Bertz CT molecular complexity index is 4410. The molecule has 0 aliphatic carbocycles. The topological polar surface area (TPSA) is 821 Å². The number of aromatic nitrogens is 21. The van der Waals surface area contributed by atoms with Gasteiger partial charge in [0.15, 0.2) is 44.0 Å². The van der Waals surface area contributed by atoms with Crippen molar-refractivity contribution in [1.82, 2.24) is 105 Å². The van der Waals surface area contributed by atoms with Crippen LogP contribution in [0.4, 0.5) is 0 Å². The van der Waals surface area contributed by atoms with Crippen molar-refractivity contribution in [3.8, 4) is 0 Å². The molecule has 7 aromatic heterocycles. The summed E-state index contributed by atoms with van der Waals surface area (Å²) in [6, 6.07) is 0. The standard InChI is InChI=1S/C65H104N28O28/c1-65(2)37(23-93-16-30(9-72)79-86-93)115-64(50(106)57(65)107)121-56-36(22-92-15-29(8-71)78-85-92)114-63(49(105)43(56)99)120-55-35(21-91-14-28(7-70)77-84-91)113-62(48(104)42(55)98)119-54-34(20-90-13-27(6-69)76-83-90)112-61(47(103)41(54)97)118-53-33(19-89-12-26(5-68)75-82-89)111-60(46(102)40(53)96)117-52-32(18-88-11-25(4-67)74-81-88)110-59(45(101)39(52)95)116-51-31(109-58(108)44(100)38(51)94)17-87-10-24(3-66)73-80-87/h10-16,31-64,94-108H,3-9,17-23,66-72H2,1-2H3/t31?,32?,33?,34?,35?,36?,37?,38-,39-,40-,41-,42-,43-,44?,45?,46?,47?,48?,49?,50?,51-,52-,53-,54-,55-,56-,57-,58+,59-,60-,61-,62-,63-,64-/m1/s1. The maximum atomic E-state index is 12.5. The minimum atomic E-state index is -2.25. The molecule has 0 saturated carbocycles. The van der Waals surface area contributed by atoms with E-state index in [1.54, 1.807) is 20.0 Å². The fourth-order valence-corrected chi connectivity index (χ4v) is 15.3. The van der Waals surface area contributed by atoms with Crippen molar-refractivity contribution in [3.63, 3.8) is 0 Å². The van der Waals surface area contributed by atoms with Crippen LogP contribution in [-0.4, -0.2) is 390 Å². The molecule has 14 heterocycles. The zero-order chi connectivity index (χ0) is 86.2. The van der Waals surface area contributed by atoms with E-state index in [9.17, 15) is 76.6 Å². The first-order valence-corrected chi connectivity index (χ1v) is 38.8. The van der Waals surface area contributed by atoms with Gasteiger partial charge < -0.3 is 178 Å². The van der Waals surface area contributed by atoms with Crippen LogP contribution in [0, 0.1) is 5.41 Å². The fraction of sp³-hybridized carbons (Fsp3) is 0.785. The first-order chi connectivity index (χ1) is 58.0. The van der Waals surface area contributed by atoms with E-state index in [2.05, 4.69) is 72.2 Å². The second-order valence-electron chi connectivity index (χ2n) is 31.0. The second kappa shape index (κ2) is 38.6. The van der Waals surface area contributed by atoms with Crippen LogP contribution in [0.5, 0.6) is 0 Å². The first kappa shape index (κ1) is 89.8. The summed E-state index contributed by atoms with van der Waals surface area (Å²) >= 11 is 0. The Morgan fingerprint density at radius 3 is 0.661 bits per heavy atom. The van der Waals surface area contributed by atoms with Gasteiger partial charge in [-0.2, -0.15) is 0 Å². The normalized spacial score (nSPS) is 38.6. The maximum Gasteiger partial charge on any atom is 0.187 e. The number of aliphatic hydroxyl groups is 15. The third-order valence-corrected chi connectivity index (χ3v) is 22.2. The first-order valence-electron chi connectivity index (χ1n) is 38.8. The summed E-state index contributed by atoms with van der Waals surface area (Å²) in [5.74, 6) is 0. The van der Waals surface area contributed by atoms with E-state index in [1.807, 2.05) is 0 Å². The molecule has 7 aliphatic heterocycles. The van der Waals surface area contributed by atoms with Gasteiger partial charge in [-0.1, -0.05) is 50.3 Å². The van der Waals surface area contributed by atoms with Gasteiger partial charge >= 0.3 is 0 Å². The summed E-state index contributed by atoms with van der Waals surface area (Å²) in [4.78, 5) is 0. The van der Waals surface area contributed by atoms with E-state index in [0.717, 1.165) is 0 Å². The molecule has 0 amide bonds. The lowest BCUT2D eigenvalue weighted by Crippen LogP contribution is -2.68. The van der Waals surface area contributed by atoms with Crippen LogP contribution in [0.2, 0.25) is 0 Å². The van der Waals surface area contributed by atoms with Crippen LogP contribution < -0.4 is 40.1 Å². The highest BCUT2D eigenvalue weighted by atomic mass is 16.8. The molecule has 0 aromatic carbocycles. The molecule has 121 heavy (non-hydrogen) atoms. The Kier molecular flexibility index (Phi) is 28.7. The predicted octanol–water partition coefficient (Wildman–Crippen LogP) is -16.3. The molecule has 29 N–H and O–H groups in total. The van der Waals surface area contributed by atoms with Crippen LogP contribution in [0.1, 0.15) is 53.7 Å². The van der Waals surface area contributed by atoms with E-state index in [1.165, 1.54) is 70.0 Å². The van der Waals surface area contributed by atoms with Gasteiger partial charge in [-0.05, 0) is 0 Å². The van der Waals surface area contributed by atoms with Crippen molar-refractivity contribution in [2.24, 2.45) is 45.6 Å². The number of hydrogen-bond donors (Lipinski definition) is 22. The maximum absolute atomic E-state index is 12.5. The molecule has 7 fully saturated rings. The number of nitrogens with zero attached hydrogens (tertiary/aromatic N) is 21. The molecule has 14 rings (SSSR count). The van der Waals surface area contributed by atoms with Gasteiger partial charge in [-0.25, -0.2) is 32.8 Å². The number of hydrogen-bond acceptors (Lipinski definition) is 49. The lowest BCUT2D eigenvalue weighted by molar-refractivity contribution is -0.397. The smallest absolute Gasteiger partial charge is 0.187 e. The predicted molar refractivity (Wildman–Crippen MR) is 385 cm³/mol. The molecule has 7 aliphatic rings. The lowest BCUT2D eigenvalue weighted by Gasteiger charge is -2.51. The minimum absolute atomic E-state index is 0.00132. The van der Waals surface area contributed by atoms with Gasteiger partial charge in [0.25, 0.3) is 0 Å². The van der Waals surface area contributed by atoms with Crippen molar-refractivity contribution >= 4 is 0 Å². The third-order valence-electron chi connectivity index (χ3n) is 22.2. The molecular formula is C65H104N28O28. The highest BCUT2D eigenvalue weighted by Crippen LogP contribution is 2.42. The van der Waals surface area contributed by atoms with E-state index in [0.29, 0.717) is 22.8 Å². The summed E-state index contributed by atoms with van der Waals surface area (Å²) < 4.78 is 91.2. The highest BCUT2D eigenvalue weighted by Gasteiger charge is 2.60. The number of nitrogens with two attached hydrogens (primary N) is 7. The SMILES string of the molecule is CC1(C)C(Cn2cc(CN)nn2)O[C@H](O[C@@H]2C(Cn3cc(CN)nn3)O[C@H](O[C@@H]3C(Cn4cc(CN)nn4)O[C@H](O[C@@H]4C(Cn5cc(CN)nn5)O[C@H](O[C@@H]5C(Cn6cc(CN)nn6)O[C@H](O[C@@H]6C(Cn7cc(CN)nn7)O[C@H](O[C@@H]7C(Cn8cc(CN)nn8)O[C@H](O)C(O)[C@H]7O)C(O)[C@H]6O)C(O)[C@H]5O)C(O)[C@H]4O)C(O)[C@H]3O)C(O)[C@H]2O)C(O)[C@H]1O. The van der Waals surface area contributed by atoms with E-state index in [-0.39, 0.29) is 82.5 Å². The number of ether oxygens (including phenoxy) is 13. The molecule has 0 bridgehead atoms. The van der Waals surface area contributed by atoms with E-state index >= 15 is 0 Å². The zero-order valence-corrected chi connectivity index (χ0v) is 65.0. The number of rotatable bonds is 33. The average Bonchev–Trinajstić information content (AvgIpc) is 1.41. The van der Waals surface area contributed by atoms with Gasteiger partial charge in [0, 0.05) is 94.6 Å². The Morgan fingerprint density at radius 2 is 0.455 bits per heavy atom. The molecule has 0 radical (unpaired) electrons. The Hall–Kier alpha value is -7.42. The van der Waals surface area contributed by atoms with Gasteiger partial charge in [0.1, 0.15) is 153 Å². The summed E-state index contributed by atoms with van der Waals surface area (Å²) in [5.41, 5.74) is 42.1. The van der Waals surface area contributed by atoms with E-state index < -0.39 is 240 Å². The summed E-state index contributed by atoms with van der Waals surface area (Å²) in [6.07, 6.45) is -53.2. The van der Waals surface area contributed by atoms with Crippen LogP contribution >= 0.6 is 0 Å². The van der Waals surface area contributed by atoms with Crippen molar-refractivity contribution in [2.45, 2.75) is 314 Å². The summed E-state index contributed by atoms with van der Waals surface area (Å²) in [5, 5.41) is 236. The molecule has 56 nitrogen and oxygen atoms in total. The van der Waals surface area contributed by atoms with Gasteiger partial charge in [0.2, 0.25) is 0 Å².